The number of carbonyl (C=O) groups is 1. The van der Waals surface area contributed by atoms with Crippen LogP contribution in [0.1, 0.15) is 20.8 Å². The second-order valence-corrected chi connectivity index (χ2v) is 5.74. The molecule has 110 valence electrons. The minimum Gasteiger partial charge on any atom is -0.575 e. The molecule has 1 N–H and O–H groups in total. The van der Waals surface area contributed by atoms with Gasteiger partial charge in [0.25, 0.3) is 0 Å². The van der Waals surface area contributed by atoms with Gasteiger partial charge in [0, 0.05) is 0 Å². The SMILES string of the molecule is C[C@H](N=[P+]([O-])Oc1ccccc1)C(=O)OCC(C)(C)O. The van der Waals surface area contributed by atoms with Crippen molar-refractivity contribution in [3.63, 3.8) is 0 Å². The topological polar surface area (TPSA) is 91.2 Å². The molecule has 0 amide bonds. The van der Waals surface area contributed by atoms with Crippen LogP contribution in [-0.2, 0) is 9.53 Å². The number of para-hydroxylation sites is 1. The lowest BCUT2D eigenvalue weighted by molar-refractivity contribution is -0.170. The van der Waals surface area contributed by atoms with Crippen LogP contribution in [-0.4, -0.2) is 29.3 Å². The smallest absolute Gasteiger partial charge is 0.395 e. The monoisotopic (exact) mass is 299 g/mol. The lowest BCUT2D eigenvalue weighted by Gasteiger charge is -2.17. The molecule has 1 unspecified atom stereocenters. The van der Waals surface area contributed by atoms with Gasteiger partial charge in [-0.15, -0.1) is 0 Å². The quantitative estimate of drug-likeness (QED) is 0.636. The molecule has 6 nitrogen and oxygen atoms in total. The van der Waals surface area contributed by atoms with Gasteiger partial charge in [-0.3, -0.25) is 4.52 Å². The van der Waals surface area contributed by atoms with Gasteiger partial charge in [0.2, 0.25) is 0 Å². The lowest BCUT2D eigenvalue weighted by atomic mass is 10.2. The van der Waals surface area contributed by atoms with Crippen LogP contribution in [0.2, 0.25) is 0 Å². The summed E-state index contributed by atoms with van der Waals surface area (Å²) >= 11 is 0. The number of rotatable bonds is 6. The fourth-order valence-corrected chi connectivity index (χ4v) is 1.88. The van der Waals surface area contributed by atoms with E-state index in [1.807, 2.05) is 0 Å². The molecule has 7 heteroatoms. The van der Waals surface area contributed by atoms with Gasteiger partial charge >= 0.3 is 14.1 Å². The number of hydrogen-bond acceptors (Lipinski definition) is 6. The minimum absolute atomic E-state index is 0.151. The molecule has 0 spiro atoms. The van der Waals surface area contributed by atoms with Crippen molar-refractivity contribution in [3.8, 4) is 5.75 Å². The van der Waals surface area contributed by atoms with Gasteiger partial charge in [0.05, 0.1) is 5.60 Å². The van der Waals surface area contributed by atoms with Crippen LogP contribution >= 0.6 is 8.17 Å². The summed E-state index contributed by atoms with van der Waals surface area (Å²) in [5.74, 6) is -0.249. The predicted molar refractivity (Wildman–Crippen MR) is 73.1 cm³/mol. The highest BCUT2D eigenvalue weighted by Crippen LogP contribution is 2.23. The van der Waals surface area contributed by atoms with Crippen LogP contribution in [0.25, 0.3) is 0 Å². The van der Waals surface area contributed by atoms with Gasteiger partial charge in [-0.05, 0) is 32.9 Å². The average molecular weight is 299 g/mol. The molecule has 20 heavy (non-hydrogen) atoms. The maximum Gasteiger partial charge on any atom is 0.395 e. The Labute approximate surface area is 119 Å². The van der Waals surface area contributed by atoms with E-state index < -0.39 is 25.8 Å². The summed E-state index contributed by atoms with van der Waals surface area (Å²) in [5.41, 5.74) is -1.11. The molecule has 0 aliphatic carbocycles. The van der Waals surface area contributed by atoms with Crippen molar-refractivity contribution in [1.82, 2.24) is 0 Å². The summed E-state index contributed by atoms with van der Waals surface area (Å²) in [6.45, 7) is 4.33. The number of ether oxygens (including phenoxy) is 1. The van der Waals surface area contributed by atoms with Crippen molar-refractivity contribution in [3.05, 3.63) is 30.3 Å². The van der Waals surface area contributed by atoms with Gasteiger partial charge in [-0.2, -0.15) is 0 Å². The van der Waals surface area contributed by atoms with E-state index in [0.29, 0.717) is 5.75 Å². The zero-order valence-electron chi connectivity index (χ0n) is 11.6. The Kier molecular flexibility index (Phi) is 6.07. The summed E-state index contributed by atoms with van der Waals surface area (Å²) in [7, 11) is -2.36. The van der Waals surface area contributed by atoms with E-state index in [2.05, 4.69) is 4.74 Å². The molecule has 0 bridgehead atoms. The highest BCUT2D eigenvalue weighted by atomic mass is 31.1. The van der Waals surface area contributed by atoms with Crippen LogP contribution in [0.3, 0.4) is 0 Å². The minimum atomic E-state index is -2.36. The maximum atomic E-state index is 11.6. The normalized spacial score (nSPS) is 13.8. The second-order valence-electron chi connectivity index (χ2n) is 4.85. The summed E-state index contributed by atoms with van der Waals surface area (Å²) in [5, 5.41) is 9.43. The van der Waals surface area contributed by atoms with Crippen molar-refractivity contribution >= 4 is 14.1 Å². The fraction of sp³-hybridized carbons (Fsp3) is 0.462. The summed E-state index contributed by atoms with van der Waals surface area (Å²) in [4.78, 5) is 23.2. The molecule has 0 saturated heterocycles. The number of hydrogen-bond donors (Lipinski definition) is 1. The van der Waals surface area contributed by atoms with E-state index in [4.69, 9.17) is 9.26 Å². The Hall–Kier alpha value is -1.49. The molecule has 2 atom stereocenters. The number of carbonyl (C=O) groups excluding carboxylic acids is 1. The Morgan fingerprint density at radius 1 is 1.45 bits per heavy atom. The summed E-state index contributed by atoms with van der Waals surface area (Å²) in [6, 6.07) is 7.62. The molecule has 0 fully saturated rings. The van der Waals surface area contributed by atoms with Gasteiger partial charge in [0.1, 0.15) is 6.61 Å². The first-order valence-corrected chi connectivity index (χ1v) is 7.21. The molecule has 0 heterocycles. The molecule has 1 rings (SSSR count). The first kappa shape index (κ1) is 16.6. The highest BCUT2D eigenvalue weighted by molar-refractivity contribution is 7.34. The van der Waals surface area contributed by atoms with Gasteiger partial charge in [0.15, 0.2) is 11.8 Å². The third-order valence-electron chi connectivity index (χ3n) is 2.10. The summed E-state index contributed by atoms with van der Waals surface area (Å²) in [6.07, 6.45) is 0. The Morgan fingerprint density at radius 3 is 2.60 bits per heavy atom. The largest absolute Gasteiger partial charge is 0.575 e. The van der Waals surface area contributed by atoms with Crippen LogP contribution in [0, 0.1) is 0 Å². The second kappa shape index (κ2) is 7.33. The van der Waals surface area contributed by atoms with Crippen LogP contribution in [0.15, 0.2) is 35.1 Å². The molecule has 0 saturated carbocycles. The summed E-state index contributed by atoms with van der Waals surface area (Å²) < 4.78 is 13.6. The van der Waals surface area contributed by atoms with E-state index in [0.717, 1.165) is 0 Å². The first-order chi connectivity index (χ1) is 9.28. The predicted octanol–water partition coefficient (Wildman–Crippen LogP) is 1.62. The standard InChI is InChI=1S/C13H18NO5P/c1-10(12(15)18-9-13(2,3)16)14-20(17)19-11-7-5-4-6-8-11/h4-8,10,16H,9H2,1-3H3/t10-/m0/s1. The van der Waals surface area contributed by atoms with Crippen molar-refractivity contribution in [2.24, 2.45) is 4.74 Å². The maximum absolute atomic E-state index is 11.6. The lowest BCUT2D eigenvalue weighted by Crippen LogP contribution is -2.30. The Bertz CT molecular complexity index is 469. The zero-order chi connectivity index (χ0) is 15.2. The molecular weight excluding hydrogens is 281 g/mol. The Balaban J connectivity index is 2.52. The fourth-order valence-electron chi connectivity index (χ4n) is 1.15. The van der Waals surface area contributed by atoms with Gasteiger partial charge < -0.3 is 14.7 Å². The molecule has 1 aromatic carbocycles. The van der Waals surface area contributed by atoms with Crippen LogP contribution < -0.4 is 9.42 Å². The van der Waals surface area contributed by atoms with Crippen molar-refractivity contribution < 1.29 is 24.1 Å². The van der Waals surface area contributed by atoms with Crippen molar-refractivity contribution in [2.75, 3.05) is 6.61 Å². The number of nitrogens with zero attached hydrogens (tertiary/aromatic N) is 1. The van der Waals surface area contributed by atoms with Gasteiger partial charge in [-0.25, -0.2) is 4.79 Å². The Morgan fingerprint density at radius 2 is 2.05 bits per heavy atom. The van der Waals surface area contributed by atoms with Crippen molar-refractivity contribution in [1.29, 1.82) is 0 Å². The number of benzene rings is 1. The highest BCUT2D eigenvalue weighted by Gasteiger charge is 2.22. The third kappa shape index (κ3) is 6.61. The van der Waals surface area contributed by atoms with E-state index in [1.54, 1.807) is 30.3 Å². The van der Waals surface area contributed by atoms with Crippen molar-refractivity contribution in [2.45, 2.75) is 32.4 Å². The molecule has 0 radical (unpaired) electrons. The third-order valence-corrected chi connectivity index (χ3v) is 3.00. The van der Waals surface area contributed by atoms with E-state index in [-0.39, 0.29) is 6.61 Å². The number of aliphatic hydroxyl groups is 1. The van der Waals surface area contributed by atoms with E-state index in [1.165, 1.54) is 20.8 Å². The van der Waals surface area contributed by atoms with E-state index in [9.17, 15) is 14.8 Å². The molecule has 0 aromatic heterocycles. The molecule has 0 aliphatic heterocycles. The average Bonchev–Trinajstić information content (AvgIpc) is 2.36. The molecule has 0 aliphatic rings. The van der Waals surface area contributed by atoms with Crippen LogP contribution in [0.5, 0.6) is 5.75 Å². The van der Waals surface area contributed by atoms with Gasteiger partial charge in [-0.1, -0.05) is 22.9 Å². The zero-order valence-corrected chi connectivity index (χ0v) is 12.5. The van der Waals surface area contributed by atoms with E-state index >= 15 is 0 Å². The molecular formula is C13H18NO5P. The number of esters is 1. The van der Waals surface area contributed by atoms with Crippen LogP contribution in [0.4, 0.5) is 0 Å². The molecule has 1 aromatic rings. The first-order valence-electron chi connectivity index (χ1n) is 6.08.